The molecule has 0 saturated carbocycles. The van der Waals surface area contributed by atoms with E-state index in [1.54, 1.807) is 31.3 Å². The molecule has 1 aliphatic heterocycles. The molecule has 0 fully saturated rings. The molecule has 0 amide bonds. The van der Waals surface area contributed by atoms with Gasteiger partial charge in [0.05, 0.1) is 12.3 Å². The van der Waals surface area contributed by atoms with Crippen LogP contribution in [0.4, 0.5) is 0 Å². The van der Waals surface area contributed by atoms with Crippen molar-refractivity contribution in [2.45, 2.75) is 44.4 Å². The Labute approximate surface area is 191 Å². The third-order valence-corrected chi connectivity index (χ3v) is 7.72. The first kappa shape index (κ1) is 24.4. The van der Waals surface area contributed by atoms with Crippen molar-refractivity contribution in [3.05, 3.63) is 59.9 Å². The van der Waals surface area contributed by atoms with E-state index in [0.29, 0.717) is 18.8 Å². The number of likely N-dealkylation sites (N-methyl/N-ethyl adjacent to an activating group) is 1. The Morgan fingerprint density at radius 3 is 2.78 bits per heavy atom. The van der Waals surface area contributed by atoms with Crippen LogP contribution in [0.2, 0.25) is 0 Å². The van der Waals surface area contributed by atoms with Crippen molar-refractivity contribution < 1.29 is 18.3 Å². The van der Waals surface area contributed by atoms with Gasteiger partial charge in [0.25, 0.3) is 0 Å². The van der Waals surface area contributed by atoms with E-state index < -0.39 is 16.1 Å². The fraction of sp³-hybridized carbons (Fsp3) is 0.458. The van der Waals surface area contributed by atoms with Gasteiger partial charge >= 0.3 is 0 Å². The molecule has 1 aliphatic rings. The van der Waals surface area contributed by atoms with Gasteiger partial charge in [-0.05, 0) is 50.7 Å². The predicted octanol–water partition coefficient (Wildman–Crippen LogP) is 3.02. The molecule has 2 heterocycles. The van der Waals surface area contributed by atoms with Gasteiger partial charge in [-0.15, -0.1) is 0 Å². The zero-order valence-corrected chi connectivity index (χ0v) is 20.0. The first-order valence-electron chi connectivity index (χ1n) is 10.9. The number of benzene rings is 1. The first-order chi connectivity index (χ1) is 15.3. The van der Waals surface area contributed by atoms with E-state index in [2.05, 4.69) is 9.88 Å². The second kappa shape index (κ2) is 10.6. The minimum atomic E-state index is -3.82. The smallest absolute Gasteiger partial charge is 0.247 e. The molecule has 3 rings (SSSR count). The maximum atomic E-state index is 13.5. The van der Waals surface area contributed by atoms with E-state index >= 15 is 0 Å². The first-order valence-corrected chi connectivity index (χ1v) is 12.3. The van der Waals surface area contributed by atoms with E-state index in [0.717, 1.165) is 11.3 Å². The van der Waals surface area contributed by atoms with Gasteiger partial charge in [-0.1, -0.05) is 31.2 Å². The fourth-order valence-electron chi connectivity index (χ4n) is 3.90. The van der Waals surface area contributed by atoms with Gasteiger partial charge in [-0.2, -0.15) is 4.31 Å². The number of pyridine rings is 1. The van der Waals surface area contributed by atoms with Gasteiger partial charge in [0.2, 0.25) is 10.0 Å². The van der Waals surface area contributed by atoms with Crippen LogP contribution in [0.15, 0.2) is 53.6 Å². The quantitative estimate of drug-likeness (QED) is 0.685. The number of aliphatic hydroxyl groups is 1. The number of ether oxygens (including phenoxy) is 1. The van der Waals surface area contributed by atoms with Crippen molar-refractivity contribution in [2.75, 3.05) is 26.7 Å². The van der Waals surface area contributed by atoms with Crippen LogP contribution in [0.25, 0.3) is 6.08 Å². The molecule has 174 valence electrons. The molecule has 1 aromatic carbocycles. The van der Waals surface area contributed by atoms with E-state index in [9.17, 15) is 13.5 Å². The van der Waals surface area contributed by atoms with Gasteiger partial charge in [0, 0.05) is 37.8 Å². The number of fused-ring (bicyclic) bond motifs is 1. The van der Waals surface area contributed by atoms with Crippen LogP contribution in [-0.4, -0.2) is 66.6 Å². The van der Waals surface area contributed by atoms with Crippen molar-refractivity contribution in [3.63, 3.8) is 0 Å². The second-order valence-electron chi connectivity index (χ2n) is 8.46. The summed E-state index contributed by atoms with van der Waals surface area (Å²) in [6.07, 6.45) is 5.34. The number of sulfonamides is 1. The molecule has 1 N–H and O–H groups in total. The van der Waals surface area contributed by atoms with Crippen LogP contribution in [0, 0.1) is 5.92 Å². The monoisotopic (exact) mass is 459 g/mol. The lowest BCUT2D eigenvalue weighted by Gasteiger charge is -2.37. The standard InChI is InChI=1S/C24H33N3O4S/c1-5-8-20-10-11-24-22(13-20)31-23(16-26(4)15-21-9-6-7-12-25-21)18(2)14-27(19(3)17-28)32(24,29)30/h5-13,18-19,23,28H,14-17H2,1-4H3/t18-,19-,23+/m1/s1. The van der Waals surface area contributed by atoms with E-state index in [1.807, 2.05) is 51.2 Å². The molecular weight excluding hydrogens is 426 g/mol. The fourth-order valence-corrected chi connectivity index (χ4v) is 5.72. The summed E-state index contributed by atoms with van der Waals surface area (Å²) in [6, 6.07) is 10.4. The summed E-state index contributed by atoms with van der Waals surface area (Å²) in [5.41, 5.74) is 1.83. The minimum Gasteiger partial charge on any atom is -0.487 e. The average molecular weight is 460 g/mol. The summed E-state index contributed by atoms with van der Waals surface area (Å²) in [5, 5.41) is 9.74. The Bertz CT molecular complexity index is 1030. The van der Waals surface area contributed by atoms with Gasteiger partial charge in [-0.25, -0.2) is 8.42 Å². The normalized spacial score (nSPS) is 22.2. The van der Waals surface area contributed by atoms with Crippen LogP contribution in [0.3, 0.4) is 0 Å². The highest BCUT2D eigenvalue weighted by Gasteiger charge is 2.38. The van der Waals surface area contributed by atoms with Crippen LogP contribution in [-0.2, 0) is 16.6 Å². The van der Waals surface area contributed by atoms with Crippen molar-refractivity contribution >= 4 is 16.1 Å². The average Bonchev–Trinajstić information content (AvgIpc) is 2.76. The Hall–Kier alpha value is -2.26. The summed E-state index contributed by atoms with van der Waals surface area (Å²) < 4.78 is 34.7. The second-order valence-corrected chi connectivity index (χ2v) is 10.3. The highest BCUT2D eigenvalue weighted by molar-refractivity contribution is 7.89. The lowest BCUT2D eigenvalue weighted by Crippen LogP contribution is -2.49. The Morgan fingerprint density at radius 1 is 1.34 bits per heavy atom. The summed E-state index contributed by atoms with van der Waals surface area (Å²) >= 11 is 0. The third-order valence-electron chi connectivity index (χ3n) is 5.70. The SMILES string of the molecule is CC=Cc1ccc2c(c1)O[C@@H](CN(C)Cc1ccccn1)[C@H](C)CN([C@H](C)CO)S2(=O)=O. The molecule has 8 heteroatoms. The molecule has 0 radical (unpaired) electrons. The molecule has 3 atom stereocenters. The van der Waals surface area contributed by atoms with Gasteiger partial charge in [0.15, 0.2) is 0 Å². The number of aliphatic hydroxyl groups excluding tert-OH is 1. The van der Waals surface area contributed by atoms with Crippen LogP contribution in [0.1, 0.15) is 32.0 Å². The minimum absolute atomic E-state index is 0.0940. The molecule has 0 bridgehead atoms. The number of hydrogen-bond donors (Lipinski definition) is 1. The van der Waals surface area contributed by atoms with E-state index in [1.165, 1.54) is 4.31 Å². The molecule has 0 saturated heterocycles. The van der Waals surface area contributed by atoms with E-state index in [-0.39, 0.29) is 30.1 Å². The number of allylic oxidation sites excluding steroid dienone is 1. The van der Waals surface area contributed by atoms with Gasteiger partial charge < -0.3 is 9.84 Å². The molecule has 1 aromatic heterocycles. The Balaban J connectivity index is 1.97. The Morgan fingerprint density at radius 2 is 2.12 bits per heavy atom. The maximum Gasteiger partial charge on any atom is 0.247 e. The molecule has 0 aliphatic carbocycles. The van der Waals surface area contributed by atoms with Gasteiger partial charge in [0.1, 0.15) is 16.7 Å². The summed E-state index contributed by atoms with van der Waals surface area (Å²) in [5.74, 6) is 0.252. The molecule has 0 spiro atoms. The Kier molecular flexibility index (Phi) is 8.05. The largest absolute Gasteiger partial charge is 0.487 e. The summed E-state index contributed by atoms with van der Waals surface area (Å²) in [7, 11) is -1.81. The van der Waals surface area contributed by atoms with Crippen LogP contribution < -0.4 is 4.74 Å². The number of rotatable bonds is 7. The number of hydrogen-bond acceptors (Lipinski definition) is 6. The maximum absolute atomic E-state index is 13.5. The predicted molar refractivity (Wildman–Crippen MR) is 126 cm³/mol. The van der Waals surface area contributed by atoms with Crippen molar-refractivity contribution in [1.82, 2.24) is 14.2 Å². The van der Waals surface area contributed by atoms with Crippen molar-refractivity contribution in [2.24, 2.45) is 5.92 Å². The lowest BCUT2D eigenvalue weighted by molar-refractivity contribution is 0.0730. The van der Waals surface area contributed by atoms with E-state index in [4.69, 9.17) is 4.74 Å². The number of aromatic nitrogens is 1. The summed E-state index contributed by atoms with van der Waals surface area (Å²) in [4.78, 5) is 6.66. The highest BCUT2D eigenvalue weighted by Crippen LogP contribution is 2.34. The zero-order chi connectivity index (χ0) is 23.3. The molecule has 0 unspecified atom stereocenters. The van der Waals surface area contributed by atoms with Gasteiger partial charge in [-0.3, -0.25) is 9.88 Å². The number of nitrogens with zero attached hydrogens (tertiary/aromatic N) is 3. The molecular formula is C24H33N3O4S. The van der Waals surface area contributed by atoms with Crippen molar-refractivity contribution in [3.8, 4) is 5.75 Å². The van der Waals surface area contributed by atoms with Crippen molar-refractivity contribution in [1.29, 1.82) is 0 Å². The topological polar surface area (TPSA) is 83.0 Å². The lowest BCUT2D eigenvalue weighted by atomic mass is 10.0. The zero-order valence-electron chi connectivity index (χ0n) is 19.2. The summed E-state index contributed by atoms with van der Waals surface area (Å²) in [6.45, 7) is 6.91. The van der Waals surface area contributed by atoms with Crippen LogP contribution >= 0.6 is 0 Å². The highest BCUT2D eigenvalue weighted by atomic mass is 32.2. The van der Waals surface area contributed by atoms with Crippen LogP contribution in [0.5, 0.6) is 5.75 Å². The molecule has 32 heavy (non-hydrogen) atoms. The molecule has 7 nitrogen and oxygen atoms in total. The molecule has 2 aromatic rings. The third kappa shape index (κ3) is 5.56.